The number of hydrogen-bond acceptors (Lipinski definition) is 5. The molecule has 0 saturated heterocycles. The fourth-order valence-corrected chi connectivity index (χ4v) is 2.86. The van der Waals surface area contributed by atoms with Crippen LogP contribution in [0.15, 0.2) is 34.4 Å². The number of aromatic nitrogens is 2. The summed E-state index contributed by atoms with van der Waals surface area (Å²) in [6.45, 7) is 7.02. The fourth-order valence-electron chi connectivity index (χ4n) is 1.93. The molecule has 0 atom stereocenters. The van der Waals surface area contributed by atoms with Gasteiger partial charge in [-0.15, -0.1) is 0 Å². The van der Waals surface area contributed by atoms with Gasteiger partial charge in [-0.05, 0) is 32.4 Å². The molecule has 1 N–H and O–H groups in total. The highest BCUT2D eigenvalue weighted by Crippen LogP contribution is 2.37. The molecule has 20 heavy (non-hydrogen) atoms. The van der Waals surface area contributed by atoms with Crippen LogP contribution in [0.4, 0.5) is 5.82 Å². The van der Waals surface area contributed by atoms with E-state index in [1.807, 2.05) is 6.92 Å². The Kier molecular flexibility index (Phi) is 4.84. The molecule has 2 rings (SSSR count). The Morgan fingerprint density at radius 2 is 2.05 bits per heavy atom. The number of ether oxygens (including phenoxy) is 1. The monoisotopic (exact) mass is 289 g/mol. The molecular formula is C15H19N3OS. The van der Waals surface area contributed by atoms with Crippen molar-refractivity contribution in [2.45, 2.75) is 30.7 Å². The molecule has 0 unspecified atom stereocenters. The predicted octanol–water partition coefficient (Wildman–Crippen LogP) is 3.69. The summed E-state index contributed by atoms with van der Waals surface area (Å²) < 4.78 is 5.46. The van der Waals surface area contributed by atoms with Gasteiger partial charge in [-0.1, -0.05) is 29.5 Å². The summed E-state index contributed by atoms with van der Waals surface area (Å²) in [6.07, 6.45) is 1.56. The Bertz CT molecular complexity index is 602. The highest BCUT2D eigenvalue weighted by molar-refractivity contribution is 7.99. The quantitative estimate of drug-likeness (QED) is 0.851. The van der Waals surface area contributed by atoms with E-state index in [1.54, 1.807) is 25.2 Å². The molecule has 0 aliphatic heterocycles. The first-order valence-corrected chi connectivity index (χ1v) is 7.35. The molecule has 0 aliphatic carbocycles. The summed E-state index contributed by atoms with van der Waals surface area (Å²) in [6, 6.07) is 6.39. The molecule has 1 aromatic heterocycles. The fraction of sp³-hybridized carbons (Fsp3) is 0.333. The van der Waals surface area contributed by atoms with Gasteiger partial charge in [-0.2, -0.15) is 0 Å². The van der Waals surface area contributed by atoms with Gasteiger partial charge in [-0.3, -0.25) is 0 Å². The number of nitrogens with zero attached hydrogens (tertiary/aromatic N) is 2. The lowest BCUT2D eigenvalue weighted by Crippen LogP contribution is -2.03. The molecule has 0 spiro atoms. The second-order valence-corrected chi connectivity index (χ2v) is 5.49. The first-order valence-electron chi connectivity index (χ1n) is 6.53. The summed E-state index contributed by atoms with van der Waals surface area (Å²) in [5, 5.41) is 4.01. The minimum absolute atomic E-state index is 0.694. The van der Waals surface area contributed by atoms with Crippen molar-refractivity contribution >= 4 is 17.6 Å². The van der Waals surface area contributed by atoms with E-state index in [0.29, 0.717) is 5.75 Å². The Balaban J connectivity index is 2.35. The van der Waals surface area contributed by atoms with E-state index in [1.165, 1.54) is 16.0 Å². The number of hydrogen-bond donors (Lipinski definition) is 1. The predicted molar refractivity (Wildman–Crippen MR) is 82.8 cm³/mol. The van der Waals surface area contributed by atoms with Gasteiger partial charge < -0.3 is 10.1 Å². The second-order valence-electron chi connectivity index (χ2n) is 4.46. The van der Waals surface area contributed by atoms with Crippen LogP contribution in [0.2, 0.25) is 0 Å². The van der Waals surface area contributed by atoms with Crippen LogP contribution >= 0.6 is 11.8 Å². The SMILES string of the molecule is CCNc1ncnc(Sc2ccc(C)cc2C)c1OC. The Morgan fingerprint density at radius 1 is 1.25 bits per heavy atom. The van der Waals surface area contributed by atoms with E-state index in [-0.39, 0.29) is 0 Å². The molecule has 5 heteroatoms. The summed E-state index contributed by atoms with van der Waals surface area (Å²) in [7, 11) is 1.64. The van der Waals surface area contributed by atoms with E-state index in [4.69, 9.17) is 4.74 Å². The van der Waals surface area contributed by atoms with Gasteiger partial charge in [0.15, 0.2) is 11.6 Å². The third-order valence-corrected chi connectivity index (χ3v) is 4.02. The number of benzene rings is 1. The number of nitrogens with one attached hydrogen (secondary N) is 1. The van der Waals surface area contributed by atoms with Gasteiger partial charge in [0.05, 0.1) is 7.11 Å². The lowest BCUT2D eigenvalue weighted by molar-refractivity contribution is 0.400. The van der Waals surface area contributed by atoms with Crippen LogP contribution in [0.25, 0.3) is 0 Å². The molecule has 1 heterocycles. The summed E-state index contributed by atoms with van der Waals surface area (Å²) in [5.74, 6) is 1.43. The first kappa shape index (κ1) is 14.7. The molecule has 4 nitrogen and oxygen atoms in total. The van der Waals surface area contributed by atoms with E-state index in [9.17, 15) is 0 Å². The first-order chi connectivity index (χ1) is 9.65. The van der Waals surface area contributed by atoms with Gasteiger partial charge in [0.1, 0.15) is 11.4 Å². The Labute approximate surface area is 124 Å². The zero-order chi connectivity index (χ0) is 14.5. The van der Waals surface area contributed by atoms with Crippen LogP contribution in [0.3, 0.4) is 0 Å². The molecule has 0 amide bonds. The molecule has 1 aromatic carbocycles. The summed E-state index contributed by atoms with van der Waals surface area (Å²) >= 11 is 1.60. The van der Waals surface area contributed by atoms with Crippen molar-refractivity contribution in [3.8, 4) is 5.75 Å². The van der Waals surface area contributed by atoms with Crippen LogP contribution in [-0.2, 0) is 0 Å². The van der Waals surface area contributed by atoms with Crippen molar-refractivity contribution in [1.29, 1.82) is 0 Å². The molecule has 0 bridgehead atoms. The zero-order valence-corrected chi connectivity index (χ0v) is 13.0. The summed E-state index contributed by atoms with van der Waals surface area (Å²) in [5.41, 5.74) is 2.50. The number of aryl methyl sites for hydroxylation is 2. The third-order valence-electron chi connectivity index (χ3n) is 2.86. The van der Waals surface area contributed by atoms with E-state index in [2.05, 4.69) is 47.3 Å². The van der Waals surface area contributed by atoms with Gasteiger partial charge in [0, 0.05) is 11.4 Å². The number of methoxy groups -OCH3 is 1. The highest BCUT2D eigenvalue weighted by atomic mass is 32.2. The molecule has 2 aromatic rings. The van der Waals surface area contributed by atoms with Gasteiger partial charge in [0.2, 0.25) is 0 Å². The molecule has 0 fully saturated rings. The van der Waals surface area contributed by atoms with Crippen molar-refractivity contribution in [2.75, 3.05) is 19.0 Å². The molecular weight excluding hydrogens is 270 g/mol. The lowest BCUT2D eigenvalue weighted by atomic mass is 10.2. The van der Waals surface area contributed by atoms with Crippen LogP contribution in [0.5, 0.6) is 5.75 Å². The van der Waals surface area contributed by atoms with Gasteiger partial charge >= 0.3 is 0 Å². The third kappa shape index (κ3) is 3.22. The van der Waals surface area contributed by atoms with Crippen LogP contribution < -0.4 is 10.1 Å². The van der Waals surface area contributed by atoms with Crippen LogP contribution in [0.1, 0.15) is 18.1 Å². The molecule has 0 radical (unpaired) electrons. The average Bonchev–Trinajstić information content (AvgIpc) is 2.42. The van der Waals surface area contributed by atoms with E-state index >= 15 is 0 Å². The van der Waals surface area contributed by atoms with Crippen molar-refractivity contribution in [3.05, 3.63) is 35.7 Å². The standard InChI is InChI=1S/C15H19N3OS/c1-5-16-14-13(19-4)15(18-9-17-14)20-12-7-6-10(2)8-11(12)3/h6-9H,5H2,1-4H3,(H,16,17,18). The van der Waals surface area contributed by atoms with Crippen molar-refractivity contribution in [3.63, 3.8) is 0 Å². The Hall–Kier alpha value is -1.75. The van der Waals surface area contributed by atoms with Crippen LogP contribution in [0, 0.1) is 13.8 Å². The zero-order valence-electron chi connectivity index (χ0n) is 12.2. The molecule has 0 aliphatic rings. The van der Waals surface area contributed by atoms with E-state index < -0.39 is 0 Å². The minimum atomic E-state index is 0.694. The number of rotatable bonds is 5. The average molecular weight is 289 g/mol. The minimum Gasteiger partial charge on any atom is -0.490 e. The maximum atomic E-state index is 5.46. The number of anilines is 1. The summed E-state index contributed by atoms with van der Waals surface area (Å²) in [4.78, 5) is 9.73. The normalized spacial score (nSPS) is 10.4. The molecule has 106 valence electrons. The van der Waals surface area contributed by atoms with Crippen LogP contribution in [-0.4, -0.2) is 23.6 Å². The van der Waals surface area contributed by atoms with Gasteiger partial charge in [0.25, 0.3) is 0 Å². The molecule has 0 saturated carbocycles. The lowest BCUT2D eigenvalue weighted by Gasteiger charge is -2.12. The maximum Gasteiger partial charge on any atom is 0.194 e. The topological polar surface area (TPSA) is 47.0 Å². The smallest absolute Gasteiger partial charge is 0.194 e. The second kappa shape index (κ2) is 6.61. The van der Waals surface area contributed by atoms with Gasteiger partial charge in [-0.25, -0.2) is 9.97 Å². The maximum absolute atomic E-state index is 5.46. The Morgan fingerprint density at radius 3 is 2.70 bits per heavy atom. The largest absolute Gasteiger partial charge is 0.490 e. The van der Waals surface area contributed by atoms with Crippen molar-refractivity contribution in [1.82, 2.24) is 9.97 Å². The van der Waals surface area contributed by atoms with Crippen molar-refractivity contribution < 1.29 is 4.74 Å². The van der Waals surface area contributed by atoms with Crippen molar-refractivity contribution in [2.24, 2.45) is 0 Å². The highest BCUT2D eigenvalue weighted by Gasteiger charge is 2.13. The van der Waals surface area contributed by atoms with E-state index in [0.717, 1.165) is 17.4 Å².